The summed E-state index contributed by atoms with van der Waals surface area (Å²) < 4.78 is 11.5. The van der Waals surface area contributed by atoms with Crippen molar-refractivity contribution in [3.05, 3.63) is 59.2 Å². The molecule has 3 rings (SSSR count). The molecule has 1 N–H and O–H groups in total. The van der Waals surface area contributed by atoms with Crippen LogP contribution in [0.2, 0.25) is 0 Å². The van der Waals surface area contributed by atoms with Crippen molar-refractivity contribution in [1.29, 1.82) is 0 Å². The standard InChI is InChI=1S/C21H27NO2/c1-15(2)24-21-17(10-7-13-20(21)23-3)14-22-19-12-6-9-16-8-4-5-11-18(16)19/h4-5,7-8,10-11,13,15,19,22H,6,9,12,14H2,1-3H3. The maximum atomic E-state index is 6.01. The minimum absolute atomic E-state index is 0.121. The smallest absolute Gasteiger partial charge is 0.166 e. The summed E-state index contributed by atoms with van der Waals surface area (Å²) in [5, 5.41) is 3.72. The van der Waals surface area contributed by atoms with Gasteiger partial charge >= 0.3 is 0 Å². The third-order valence-corrected chi connectivity index (χ3v) is 4.54. The fourth-order valence-electron chi connectivity index (χ4n) is 3.43. The number of aryl methyl sites for hydroxylation is 1. The number of methoxy groups -OCH3 is 1. The highest BCUT2D eigenvalue weighted by Crippen LogP contribution is 2.34. The summed E-state index contributed by atoms with van der Waals surface area (Å²) in [5.41, 5.74) is 4.06. The van der Waals surface area contributed by atoms with Crippen LogP contribution in [0, 0.1) is 0 Å². The van der Waals surface area contributed by atoms with Crippen LogP contribution in [0.4, 0.5) is 0 Å². The molecule has 3 nitrogen and oxygen atoms in total. The zero-order valence-electron chi connectivity index (χ0n) is 14.8. The minimum atomic E-state index is 0.121. The fourth-order valence-corrected chi connectivity index (χ4v) is 3.43. The van der Waals surface area contributed by atoms with Crippen LogP contribution in [0.15, 0.2) is 42.5 Å². The van der Waals surface area contributed by atoms with E-state index in [0.29, 0.717) is 6.04 Å². The fraction of sp³-hybridized carbons (Fsp3) is 0.429. The molecule has 1 aliphatic carbocycles. The lowest BCUT2D eigenvalue weighted by Crippen LogP contribution is -2.25. The van der Waals surface area contributed by atoms with E-state index < -0.39 is 0 Å². The SMILES string of the molecule is COc1cccc(CNC2CCCc3ccccc32)c1OC(C)C. The number of hydrogen-bond acceptors (Lipinski definition) is 3. The molecule has 0 bridgehead atoms. The maximum absolute atomic E-state index is 6.01. The molecule has 0 saturated carbocycles. The van der Waals surface area contributed by atoms with Crippen LogP contribution in [0.3, 0.4) is 0 Å². The molecule has 0 aliphatic heterocycles. The second kappa shape index (κ2) is 7.71. The molecule has 0 amide bonds. The number of fused-ring (bicyclic) bond motifs is 1. The van der Waals surface area contributed by atoms with Gasteiger partial charge in [-0.1, -0.05) is 36.4 Å². The van der Waals surface area contributed by atoms with Crippen LogP contribution in [-0.4, -0.2) is 13.2 Å². The van der Waals surface area contributed by atoms with Gasteiger partial charge in [0.15, 0.2) is 11.5 Å². The van der Waals surface area contributed by atoms with Crippen LogP contribution in [-0.2, 0) is 13.0 Å². The highest BCUT2D eigenvalue weighted by atomic mass is 16.5. The molecule has 1 aliphatic rings. The molecule has 0 heterocycles. The first-order valence-electron chi connectivity index (χ1n) is 8.82. The van der Waals surface area contributed by atoms with Gasteiger partial charge in [-0.2, -0.15) is 0 Å². The lowest BCUT2D eigenvalue weighted by atomic mass is 9.87. The topological polar surface area (TPSA) is 30.5 Å². The first kappa shape index (κ1) is 16.8. The average Bonchev–Trinajstić information content (AvgIpc) is 2.60. The quantitative estimate of drug-likeness (QED) is 0.838. The van der Waals surface area contributed by atoms with Crippen LogP contribution >= 0.6 is 0 Å². The number of rotatable bonds is 6. The maximum Gasteiger partial charge on any atom is 0.166 e. The Bertz CT molecular complexity index is 681. The normalized spacial score (nSPS) is 16.8. The first-order chi connectivity index (χ1) is 11.7. The van der Waals surface area contributed by atoms with E-state index in [1.54, 1.807) is 7.11 Å². The van der Waals surface area contributed by atoms with Crippen molar-refractivity contribution in [3.63, 3.8) is 0 Å². The average molecular weight is 325 g/mol. The van der Waals surface area contributed by atoms with Gasteiger partial charge in [-0.25, -0.2) is 0 Å². The van der Waals surface area contributed by atoms with Gasteiger partial charge in [0.1, 0.15) is 0 Å². The van der Waals surface area contributed by atoms with E-state index in [4.69, 9.17) is 9.47 Å². The second-order valence-electron chi connectivity index (χ2n) is 6.64. The molecule has 0 spiro atoms. The molecule has 24 heavy (non-hydrogen) atoms. The molecular weight excluding hydrogens is 298 g/mol. The second-order valence-corrected chi connectivity index (χ2v) is 6.64. The Hall–Kier alpha value is -2.00. The van der Waals surface area contributed by atoms with Crippen LogP contribution < -0.4 is 14.8 Å². The third-order valence-electron chi connectivity index (χ3n) is 4.54. The third kappa shape index (κ3) is 3.73. The molecule has 0 aromatic heterocycles. The summed E-state index contributed by atoms with van der Waals surface area (Å²) >= 11 is 0. The number of benzene rings is 2. The van der Waals surface area contributed by atoms with Gasteiger partial charge in [0.25, 0.3) is 0 Å². The van der Waals surface area contributed by atoms with Gasteiger partial charge < -0.3 is 14.8 Å². The van der Waals surface area contributed by atoms with Gasteiger partial charge in [-0.05, 0) is 50.3 Å². The van der Waals surface area contributed by atoms with E-state index in [1.165, 1.54) is 30.4 Å². The van der Waals surface area contributed by atoms with E-state index in [-0.39, 0.29) is 6.10 Å². The van der Waals surface area contributed by atoms with Gasteiger partial charge in [-0.3, -0.25) is 0 Å². The van der Waals surface area contributed by atoms with Crippen molar-refractivity contribution < 1.29 is 9.47 Å². The molecule has 0 fully saturated rings. The van der Waals surface area contributed by atoms with E-state index >= 15 is 0 Å². The molecule has 0 radical (unpaired) electrons. The molecule has 2 aromatic carbocycles. The van der Waals surface area contributed by atoms with Crippen molar-refractivity contribution in [2.24, 2.45) is 0 Å². The molecule has 0 saturated heterocycles. The lowest BCUT2D eigenvalue weighted by Gasteiger charge is -2.27. The number of nitrogens with one attached hydrogen (secondary N) is 1. The number of hydrogen-bond donors (Lipinski definition) is 1. The molecule has 128 valence electrons. The summed E-state index contributed by atoms with van der Waals surface area (Å²) in [6.45, 7) is 4.86. The summed E-state index contributed by atoms with van der Waals surface area (Å²) in [6.07, 6.45) is 3.73. The van der Waals surface area contributed by atoms with E-state index in [2.05, 4.69) is 35.6 Å². The number of ether oxygens (including phenoxy) is 2. The van der Waals surface area contributed by atoms with E-state index in [9.17, 15) is 0 Å². The van der Waals surface area contributed by atoms with Crippen LogP contribution in [0.25, 0.3) is 0 Å². The lowest BCUT2D eigenvalue weighted by molar-refractivity contribution is 0.227. The van der Waals surface area contributed by atoms with Crippen molar-refractivity contribution in [2.45, 2.75) is 51.8 Å². The van der Waals surface area contributed by atoms with Gasteiger partial charge in [0.2, 0.25) is 0 Å². The highest BCUT2D eigenvalue weighted by molar-refractivity contribution is 5.47. The molecule has 1 unspecified atom stereocenters. The molecule has 1 atom stereocenters. The molecular formula is C21H27NO2. The van der Waals surface area contributed by atoms with Gasteiger partial charge in [0.05, 0.1) is 13.2 Å². The van der Waals surface area contributed by atoms with Crippen molar-refractivity contribution >= 4 is 0 Å². The largest absolute Gasteiger partial charge is 0.493 e. The molecule has 2 aromatic rings. The van der Waals surface area contributed by atoms with Crippen molar-refractivity contribution in [1.82, 2.24) is 5.32 Å². The Morgan fingerprint density at radius 1 is 1.12 bits per heavy atom. The zero-order valence-corrected chi connectivity index (χ0v) is 14.8. The van der Waals surface area contributed by atoms with Crippen molar-refractivity contribution in [2.75, 3.05) is 7.11 Å². The number of para-hydroxylation sites is 1. The Balaban J connectivity index is 1.78. The zero-order chi connectivity index (χ0) is 16.9. The van der Waals surface area contributed by atoms with Gasteiger partial charge in [-0.15, -0.1) is 0 Å². The predicted octanol–water partition coefficient (Wildman–Crippen LogP) is 4.65. The van der Waals surface area contributed by atoms with Crippen LogP contribution in [0.5, 0.6) is 11.5 Å². The summed E-state index contributed by atoms with van der Waals surface area (Å²) in [5.74, 6) is 1.65. The monoisotopic (exact) mass is 325 g/mol. The Kier molecular flexibility index (Phi) is 5.41. The molecule has 3 heteroatoms. The summed E-state index contributed by atoms with van der Waals surface area (Å²) in [6, 6.07) is 15.3. The highest BCUT2D eigenvalue weighted by Gasteiger charge is 2.20. The first-order valence-corrected chi connectivity index (χ1v) is 8.82. The predicted molar refractivity (Wildman–Crippen MR) is 97.7 cm³/mol. The summed E-state index contributed by atoms with van der Waals surface area (Å²) in [4.78, 5) is 0. The van der Waals surface area contributed by atoms with Crippen molar-refractivity contribution in [3.8, 4) is 11.5 Å². The minimum Gasteiger partial charge on any atom is -0.493 e. The Labute approximate surface area is 145 Å². The summed E-state index contributed by atoms with van der Waals surface area (Å²) in [7, 11) is 1.69. The van der Waals surface area contributed by atoms with Crippen LogP contribution in [0.1, 0.15) is 49.4 Å². The van der Waals surface area contributed by atoms with E-state index in [1.807, 2.05) is 26.0 Å². The van der Waals surface area contributed by atoms with Gasteiger partial charge in [0, 0.05) is 18.2 Å². The van der Waals surface area contributed by atoms with E-state index in [0.717, 1.165) is 23.6 Å². The Morgan fingerprint density at radius 2 is 1.96 bits per heavy atom. The Morgan fingerprint density at radius 3 is 2.75 bits per heavy atom.